The van der Waals surface area contributed by atoms with Crippen LogP contribution in [0, 0.1) is 0 Å². The zero-order valence-electron chi connectivity index (χ0n) is 10.7. The van der Waals surface area contributed by atoms with Gasteiger partial charge in [0.05, 0.1) is 6.04 Å². The molecule has 2 aromatic carbocycles. The van der Waals surface area contributed by atoms with Crippen LogP contribution in [0.4, 0.5) is 0 Å². The second-order valence-corrected chi connectivity index (χ2v) is 4.24. The summed E-state index contributed by atoms with van der Waals surface area (Å²) < 4.78 is 5.68. The van der Waals surface area contributed by atoms with Crippen LogP contribution in [0.5, 0.6) is 5.75 Å². The van der Waals surface area contributed by atoms with Gasteiger partial charge in [-0.25, -0.2) is 4.79 Å². The van der Waals surface area contributed by atoms with E-state index >= 15 is 0 Å². The van der Waals surface area contributed by atoms with Gasteiger partial charge in [-0.15, -0.1) is 0 Å². The lowest BCUT2D eigenvalue weighted by Gasteiger charge is -2.08. The number of rotatable bonds is 5. The maximum atomic E-state index is 10.2. The van der Waals surface area contributed by atoms with Crippen LogP contribution < -0.4 is 4.74 Å². The van der Waals surface area contributed by atoms with E-state index in [-0.39, 0.29) is 6.04 Å². The Balaban J connectivity index is 1.97. The van der Waals surface area contributed by atoms with Crippen LogP contribution in [-0.2, 0) is 11.4 Å². The Morgan fingerprint density at radius 2 is 1.79 bits per heavy atom. The lowest BCUT2D eigenvalue weighted by Crippen LogP contribution is -1.95. The molecule has 0 N–H and O–H groups in total. The third-order valence-electron chi connectivity index (χ3n) is 2.86. The number of hydrogen-bond acceptors (Lipinski definition) is 3. The SMILES string of the molecule is CC(N=C=O)c1ccc(OCc2ccccc2)cc1. The molecule has 0 saturated heterocycles. The Labute approximate surface area is 112 Å². The highest BCUT2D eigenvalue weighted by Gasteiger charge is 2.03. The summed E-state index contributed by atoms with van der Waals surface area (Å²) in [6, 6.07) is 17.4. The van der Waals surface area contributed by atoms with E-state index in [0.29, 0.717) is 6.61 Å². The van der Waals surface area contributed by atoms with E-state index in [1.165, 1.54) is 0 Å². The van der Waals surface area contributed by atoms with E-state index in [1.807, 2.05) is 61.5 Å². The monoisotopic (exact) mass is 253 g/mol. The van der Waals surface area contributed by atoms with Crippen LogP contribution in [0.1, 0.15) is 24.1 Å². The molecule has 0 fully saturated rings. The van der Waals surface area contributed by atoms with Crippen LogP contribution in [0.15, 0.2) is 59.6 Å². The predicted octanol–water partition coefficient (Wildman–Crippen LogP) is 3.66. The predicted molar refractivity (Wildman–Crippen MR) is 73.8 cm³/mol. The molecule has 0 aliphatic carbocycles. The van der Waals surface area contributed by atoms with Crippen molar-refractivity contribution >= 4 is 6.08 Å². The third-order valence-corrected chi connectivity index (χ3v) is 2.86. The fraction of sp³-hybridized carbons (Fsp3) is 0.188. The highest BCUT2D eigenvalue weighted by atomic mass is 16.5. The highest BCUT2D eigenvalue weighted by molar-refractivity contribution is 5.36. The Morgan fingerprint density at radius 1 is 1.11 bits per heavy atom. The Morgan fingerprint density at radius 3 is 2.42 bits per heavy atom. The molecule has 0 aliphatic heterocycles. The van der Waals surface area contributed by atoms with Gasteiger partial charge in [0.15, 0.2) is 0 Å². The van der Waals surface area contributed by atoms with Crippen LogP contribution in [0.25, 0.3) is 0 Å². The zero-order valence-corrected chi connectivity index (χ0v) is 10.7. The molecule has 3 nitrogen and oxygen atoms in total. The summed E-state index contributed by atoms with van der Waals surface area (Å²) in [6.45, 7) is 2.40. The van der Waals surface area contributed by atoms with Crippen LogP contribution in [-0.4, -0.2) is 6.08 Å². The molecule has 0 bridgehead atoms. The first-order chi connectivity index (χ1) is 9.29. The molecule has 1 unspecified atom stereocenters. The van der Waals surface area contributed by atoms with Crippen LogP contribution >= 0.6 is 0 Å². The van der Waals surface area contributed by atoms with Gasteiger partial charge in [-0.1, -0.05) is 42.5 Å². The van der Waals surface area contributed by atoms with Crippen molar-refractivity contribution < 1.29 is 9.53 Å². The number of nitrogens with zero attached hydrogens (tertiary/aromatic N) is 1. The average molecular weight is 253 g/mol. The summed E-state index contributed by atoms with van der Waals surface area (Å²) in [4.78, 5) is 13.9. The second kappa shape index (κ2) is 6.53. The number of hydrogen-bond donors (Lipinski definition) is 0. The van der Waals surface area contributed by atoms with E-state index in [9.17, 15) is 4.79 Å². The molecule has 0 saturated carbocycles. The molecule has 1 atom stereocenters. The molecular weight excluding hydrogens is 238 g/mol. The summed E-state index contributed by atoms with van der Waals surface area (Å²) in [6.07, 6.45) is 1.57. The van der Waals surface area contributed by atoms with Gasteiger partial charge in [-0.2, -0.15) is 4.99 Å². The van der Waals surface area contributed by atoms with E-state index in [0.717, 1.165) is 16.9 Å². The van der Waals surface area contributed by atoms with Gasteiger partial charge in [-0.3, -0.25) is 0 Å². The van der Waals surface area contributed by atoms with Gasteiger partial charge in [0, 0.05) is 0 Å². The summed E-state index contributed by atoms with van der Waals surface area (Å²) in [5.41, 5.74) is 2.10. The minimum Gasteiger partial charge on any atom is -0.489 e. The van der Waals surface area contributed by atoms with Crippen molar-refractivity contribution in [2.24, 2.45) is 4.99 Å². The lowest BCUT2D eigenvalue weighted by molar-refractivity contribution is 0.306. The standard InChI is InChI=1S/C16H15NO2/c1-13(17-12-18)15-7-9-16(10-8-15)19-11-14-5-3-2-4-6-14/h2-10,13H,11H2,1H3. The van der Waals surface area contributed by atoms with Gasteiger partial charge in [-0.05, 0) is 30.2 Å². The summed E-state index contributed by atoms with van der Waals surface area (Å²) in [5, 5.41) is 0. The molecule has 2 rings (SSSR count). The molecule has 19 heavy (non-hydrogen) atoms. The van der Waals surface area contributed by atoms with Gasteiger partial charge in [0.25, 0.3) is 0 Å². The fourth-order valence-electron chi connectivity index (χ4n) is 1.74. The molecule has 0 radical (unpaired) electrons. The topological polar surface area (TPSA) is 38.7 Å². The van der Waals surface area contributed by atoms with Crippen molar-refractivity contribution in [2.45, 2.75) is 19.6 Å². The number of benzene rings is 2. The Hall–Kier alpha value is -2.38. The fourth-order valence-corrected chi connectivity index (χ4v) is 1.74. The number of isocyanates is 1. The van der Waals surface area contributed by atoms with Gasteiger partial charge in [0.1, 0.15) is 12.4 Å². The van der Waals surface area contributed by atoms with Crippen LogP contribution in [0.3, 0.4) is 0 Å². The maximum absolute atomic E-state index is 10.2. The summed E-state index contributed by atoms with van der Waals surface area (Å²) in [5.74, 6) is 0.801. The molecule has 96 valence electrons. The van der Waals surface area contributed by atoms with Crippen molar-refractivity contribution in [2.75, 3.05) is 0 Å². The number of ether oxygens (including phenoxy) is 1. The van der Waals surface area contributed by atoms with Gasteiger partial charge in [0.2, 0.25) is 6.08 Å². The van der Waals surface area contributed by atoms with Crippen molar-refractivity contribution in [3.63, 3.8) is 0 Å². The highest BCUT2D eigenvalue weighted by Crippen LogP contribution is 2.20. The van der Waals surface area contributed by atoms with Crippen molar-refractivity contribution in [1.29, 1.82) is 0 Å². The molecule has 0 spiro atoms. The van der Waals surface area contributed by atoms with E-state index < -0.39 is 0 Å². The Bertz CT molecular complexity index is 557. The average Bonchev–Trinajstić information content (AvgIpc) is 2.47. The smallest absolute Gasteiger partial charge is 0.235 e. The first kappa shape index (κ1) is 13.1. The van der Waals surface area contributed by atoms with E-state index in [2.05, 4.69) is 4.99 Å². The van der Waals surface area contributed by atoms with Crippen molar-refractivity contribution in [3.8, 4) is 5.75 Å². The molecule has 2 aromatic rings. The van der Waals surface area contributed by atoms with Gasteiger partial charge >= 0.3 is 0 Å². The summed E-state index contributed by atoms with van der Waals surface area (Å²) in [7, 11) is 0. The first-order valence-corrected chi connectivity index (χ1v) is 6.13. The number of carbonyl (C=O) groups excluding carboxylic acids is 1. The minimum atomic E-state index is -0.166. The second-order valence-electron chi connectivity index (χ2n) is 4.24. The molecule has 0 aromatic heterocycles. The van der Waals surface area contributed by atoms with E-state index in [4.69, 9.17) is 4.74 Å². The molecule has 0 aliphatic rings. The summed E-state index contributed by atoms with van der Waals surface area (Å²) >= 11 is 0. The third kappa shape index (κ3) is 3.80. The largest absolute Gasteiger partial charge is 0.489 e. The van der Waals surface area contributed by atoms with E-state index in [1.54, 1.807) is 6.08 Å². The molecular formula is C16H15NO2. The number of aliphatic imine (C=N–C) groups is 1. The van der Waals surface area contributed by atoms with Crippen molar-refractivity contribution in [3.05, 3.63) is 65.7 Å². The maximum Gasteiger partial charge on any atom is 0.235 e. The lowest BCUT2D eigenvalue weighted by atomic mass is 10.1. The first-order valence-electron chi connectivity index (χ1n) is 6.13. The molecule has 0 heterocycles. The van der Waals surface area contributed by atoms with Gasteiger partial charge < -0.3 is 4.74 Å². The normalized spacial score (nSPS) is 11.4. The van der Waals surface area contributed by atoms with Crippen LogP contribution in [0.2, 0.25) is 0 Å². The quantitative estimate of drug-likeness (QED) is 0.602. The van der Waals surface area contributed by atoms with Crippen molar-refractivity contribution in [1.82, 2.24) is 0 Å². The molecule has 3 heteroatoms. The minimum absolute atomic E-state index is 0.166. The zero-order chi connectivity index (χ0) is 13.5. The molecule has 0 amide bonds. The Kier molecular flexibility index (Phi) is 4.49.